The zero-order valence-electron chi connectivity index (χ0n) is 12.8. The molecule has 0 aromatic heterocycles. The average molecular weight is 306 g/mol. The molecule has 0 spiro atoms. The van der Waals surface area contributed by atoms with Crippen molar-refractivity contribution in [1.82, 2.24) is 4.90 Å². The Morgan fingerprint density at radius 3 is 2.30 bits per heavy atom. The first-order chi connectivity index (χ1) is 11.1. The largest absolute Gasteiger partial charge is 0.480 e. The predicted molar refractivity (Wildman–Crippen MR) is 91.4 cm³/mol. The molecule has 4 heteroatoms. The van der Waals surface area contributed by atoms with Gasteiger partial charge in [0.2, 0.25) is 0 Å². The number of nitrogens with zero attached hydrogens (tertiary/aromatic N) is 2. The Hall–Kier alpha value is -3.19. The molecule has 2 aromatic rings. The molecule has 0 saturated carbocycles. The van der Waals surface area contributed by atoms with Gasteiger partial charge in [0.15, 0.2) is 0 Å². The van der Waals surface area contributed by atoms with E-state index in [2.05, 4.69) is 6.07 Å². The highest BCUT2D eigenvalue weighted by molar-refractivity contribution is 5.64. The molecule has 4 nitrogen and oxygen atoms in total. The van der Waals surface area contributed by atoms with Crippen LogP contribution < -0.4 is 0 Å². The van der Waals surface area contributed by atoms with E-state index in [-0.39, 0.29) is 0 Å². The van der Waals surface area contributed by atoms with Gasteiger partial charge in [0.25, 0.3) is 5.95 Å². The van der Waals surface area contributed by atoms with E-state index in [1.54, 1.807) is 24.1 Å². The minimum absolute atomic E-state index is 0.370. The van der Waals surface area contributed by atoms with Crippen LogP contribution in [0.25, 0.3) is 11.8 Å². The number of aliphatic hydroxyl groups is 2. The summed E-state index contributed by atoms with van der Waals surface area (Å²) < 4.78 is 0. The Morgan fingerprint density at radius 1 is 1.09 bits per heavy atom. The van der Waals surface area contributed by atoms with Gasteiger partial charge in [0.05, 0.1) is 11.6 Å². The van der Waals surface area contributed by atoms with Gasteiger partial charge in [-0.15, -0.1) is 0 Å². The van der Waals surface area contributed by atoms with Crippen molar-refractivity contribution in [2.24, 2.45) is 0 Å². The molecule has 0 saturated heterocycles. The lowest BCUT2D eigenvalue weighted by Crippen LogP contribution is -2.18. The van der Waals surface area contributed by atoms with E-state index < -0.39 is 5.95 Å². The highest BCUT2D eigenvalue weighted by Gasteiger charge is 2.12. The molecule has 2 aromatic carbocycles. The molecule has 0 amide bonds. The number of rotatable bonds is 5. The maximum absolute atomic E-state index is 9.55. The van der Waals surface area contributed by atoms with Crippen LogP contribution in [0.5, 0.6) is 0 Å². The van der Waals surface area contributed by atoms with E-state index in [0.717, 1.165) is 11.1 Å². The molecular formula is C19H18N2O2. The molecule has 0 fully saturated rings. The quantitative estimate of drug-likeness (QED) is 0.821. The lowest BCUT2D eigenvalue weighted by atomic mass is 10.1. The molecule has 0 aliphatic rings. The summed E-state index contributed by atoms with van der Waals surface area (Å²) in [5.41, 5.74) is 2.71. The predicted octanol–water partition coefficient (Wildman–Crippen LogP) is 3.95. The maximum Gasteiger partial charge on any atom is 0.299 e. The molecule has 0 aliphatic carbocycles. The van der Waals surface area contributed by atoms with Crippen molar-refractivity contribution in [1.29, 1.82) is 5.26 Å². The Morgan fingerprint density at radius 2 is 1.74 bits per heavy atom. The molecule has 116 valence electrons. The van der Waals surface area contributed by atoms with Gasteiger partial charge in [-0.3, -0.25) is 0 Å². The Labute approximate surface area is 135 Å². The van der Waals surface area contributed by atoms with Crippen LogP contribution >= 0.6 is 0 Å². The van der Waals surface area contributed by atoms with Crippen molar-refractivity contribution in [2.75, 3.05) is 13.6 Å². The van der Waals surface area contributed by atoms with Gasteiger partial charge in [0, 0.05) is 19.2 Å². The summed E-state index contributed by atoms with van der Waals surface area (Å²) in [6.07, 6.45) is 3.85. The van der Waals surface area contributed by atoms with Crippen LogP contribution in [0.3, 0.4) is 0 Å². The summed E-state index contributed by atoms with van der Waals surface area (Å²) >= 11 is 0. The second kappa shape index (κ2) is 7.71. The van der Waals surface area contributed by atoms with E-state index in [4.69, 9.17) is 5.26 Å². The fourth-order valence-electron chi connectivity index (χ4n) is 2.22. The summed E-state index contributed by atoms with van der Waals surface area (Å²) in [6, 6.07) is 18.6. The first kappa shape index (κ1) is 16.2. The molecule has 23 heavy (non-hydrogen) atoms. The van der Waals surface area contributed by atoms with Crippen LogP contribution in [0.4, 0.5) is 0 Å². The van der Waals surface area contributed by atoms with Crippen molar-refractivity contribution in [2.45, 2.75) is 0 Å². The summed E-state index contributed by atoms with van der Waals surface area (Å²) in [5, 5.41) is 27.9. The zero-order chi connectivity index (χ0) is 16.7. The number of hydrogen-bond donors (Lipinski definition) is 2. The molecule has 0 heterocycles. The first-order valence-electron chi connectivity index (χ1n) is 7.17. The topological polar surface area (TPSA) is 67.5 Å². The molecule has 0 aliphatic heterocycles. The van der Waals surface area contributed by atoms with Crippen molar-refractivity contribution in [3.05, 3.63) is 83.3 Å². The standard InChI is InChI=1S/C19H18N2O2/c1-21(18(19(22)23)17-7-3-2-4-8-17)13-5-6-15-9-11-16(14-20)12-10-15/h2-12,22-23H,13H2,1H3/b6-5+. The molecule has 0 bridgehead atoms. The minimum atomic E-state index is -0.703. The zero-order valence-corrected chi connectivity index (χ0v) is 12.8. The van der Waals surface area contributed by atoms with Gasteiger partial charge in [-0.25, -0.2) is 0 Å². The lowest BCUT2D eigenvalue weighted by molar-refractivity contribution is 0.186. The van der Waals surface area contributed by atoms with Crippen LogP contribution in [0.1, 0.15) is 16.7 Å². The molecule has 0 unspecified atom stereocenters. The number of likely N-dealkylation sites (N-methyl/N-ethyl adjacent to an activating group) is 1. The first-order valence-corrected chi connectivity index (χ1v) is 7.17. The number of benzene rings is 2. The highest BCUT2D eigenvalue weighted by atomic mass is 16.5. The maximum atomic E-state index is 9.55. The van der Waals surface area contributed by atoms with Crippen LogP contribution in [0.2, 0.25) is 0 Å². The summed E-state index contributed by atoms with van der Waals surface area (Å²) in [6.45, 7) is 0.509. The third-order valence-corrected chi connectivity index (χ3v) is 3.37. The van der Waals surface area contributed by atoms with Crippen LogP contribution in [-0.2, 0) is 0 Å². The molecular weight excluding hydrogens is 288 g/mol. The number of aliphatic hydroxyl groups excluding tert-OH is 1. The number of hydrogen-bond acceptors (Lipinski definition) is 4. The van der Waals surface area contributed by atoms with Gasteiger partial charge in [-0.2, -0.15) is 5.26 Å². The van der Waals surface area contributed by atoms with Crippen molar-refractivity contribution < 1.29 is 10.2 Å². The lowest BCUT2D eigenvalue weighted by Gasteiger charge is -2.20. The van der Waals surface area contributed by atoms with Crippen molar-refractivity contribution >= 4 is 11.8 Å². The summed E-state index contributed by atoms with van der Waals surface area (Å²) in [4.78, 5) is 1.75. The van der Waals surface area contributed by atoms with E-state index in [1.807, 2.05) is 54.6 Å². The summed E-state index contributed by atoms with van der Waals surface area (Å²) in [5.74, 6) is -0.703. The van der Waals surface area contributed by atoms with Crippen molar-refractivity contribution in [3.63, 3.8) is 0 Å². The third-order valence-electron chi connectivity index (χ3n) is 3.37. The number of nitriles is 1. The SMILES string of the molecule is CN(C/C=C/c1ccc(C#N)cc1)C(=C(O)O)c1ccccc1. The molecule has 2 rings (SSSR count). The van der Waals surface area contributed by atoms with E-state index in [9.17, 15) is 10.2 Å². The Balaban J connectivity index is 2.08. The molecule has 2 N–H and O–H groups in total. The van der Waals surface area contributed by atoms with Gasteiger partial charge >= 0.3 is 0 Å². The minimum Gasteiger partial charge on any atom is -0.480 e. The fraction of sp³-hybridized carbons (Fsp3) is 0.105. The highest BCUT2D eigenvalue weighted by Crippen LogP contribution is 2.19. The average Bonchev–Trinajstić information content (AvgIpc) is 2.56. The van der Waals surface area contributed by atoms with E-state index >= 15 is 0 Å². The fourth-order valence-corrected chi connectivity index (χ4v) is 2.22. The van der Waals surface area contributed by atoms with Crippen LogP contribution in [0, 0.1) is 11.3 Å². The summed E-state index contributed by atoms with van der Waals surface area (Å²) in [7, 11) is 1.79. The second-order valence-corrected chi connectivity index (χ2v) is 5.05. The Bertz CT molecular complexity index is 737. The van der Waals surface area contributed by atoms with Gasteiger partial charge < -0.3 is 15.1 Å². The van der Waals surface area contributed by atoms with Crippen molar-refractivity contribution in [3.8, 4) is 6.07 Å². The van der Waals surface area contributed by atoms with Crippen LogP contribution in [-0.4, -0.2) is 28.7 Å². The van der Waals surface area contributed by atoms with Gasteiger partial charge in [0.1, 0.15) is 5.70 Å². The normalized spacial score (nSPS) is 10.3. The van der Waals surface area contributed by atoms with E-state index in [0.29, 0.717) is 17.8 Å². The molecule has 0 radical (unpaired) electrons. The monoisotopic (exact) mass is 306 g/mol. The second-order valence-electron chi connectivity index (χ2n) is 5.05. The van der Waals surface area contributed by atoms with E-state index in [1.165, 1.54) is 0 Å². The smallest absolute Gasteiger partial charge is 0.299 e. The Kier molecular flexibility index (Phi) is 5.43. The van der Waals surface area contributed by atoms with Gasteiger partial charge in [-0.05, 0) is 17.7 Å². The van der Waals surface area contributed by atoms with Crippen LogP contribution in [0.15, 0.2) is 66.6 Å². The third kappa shape index (κ3) is 4.39. The van der Waals surface area contributed by atoms with Gasteiger partial charge in [-0.1, -0.05) is 54.6 Å². The molecule has 0 atom stereocenters.